The van der Waals surface area contributed by atoms with Crippen molar-refractivity contribution in [3.05, 3.63) is 0 Å². The number of carbonyl (C=O) groups excluding carboxylic acids is 1. The Labute approximate surface area is 238 Å². The summed E-state index contributed by atoms with van der Waals surface area (Å²) in [6.07, 6.45) is 38.2. The molecule has 0 aromatic rings. The van der Waals surface area contributed by atoms with Crippen LogP contribution in [0, 0.1) is 0 Å². The van der Waals surface area contributed by atoms with Gasteiger partial charge in [0.2, 0.25) is 0 Å². The molecule has 0 aromatic carbocycles. The number of aliphatic hydroxyl groups is 2. The first-order valence-electron chi connectivity index (χ1n) is 17.1. The van der Waals surface area contributed by atoms with Gasteiger partial charge in [0, 0.05) is 6.42 Å². The lowest BCUT2D eigenvalue weighted by Crippen LogP contribution is -2.21. The normalized spacial score (nSPS) is 12.2. The van der Waals surface area contributed by atoms with Gasteiger partial charge in [0.05, 0.1) is 6.61 Å². The number of aliphatic hydroxyl groups excluding tert-OH is 2. The van der Waals surface area contributed by atoms with E-state index in [4.69, 9.17) is 14.9 Å². The zero-order chi connectivity index (χ0) is 27.8. The largest absolute Gasteiger partial charge is 0.463 e. The van der Waals surface area contributed by atoms with Crippen LogP contribution in [0.2, 0.25) is 0 Å². The van der Waals surface area contributed by atoms with Crippen molar-refractivity contribution in [3.63, 3.8) is 0 Å². The van der Waals surface area contributed by atoms with Gasteiger partial charge in [0.1, 0.15) is 12.7 Å². The molecule has 0 unspecified atom stereocenters. The van der Waals surface area contributed by atoms with E-state index in [2.05, 4.69) is 6.92 Å². The van der Waals surface area contributed by atoms with Crippen LogP contribution in [0.15, 0.2) is 0 Å². The summed E-state index contributed by atoms with van der Waals surface area (Å²) in [7, 11) is 0. The number of unbranched alkanes of at least 4 members (excludes halogenated alkanes) is 27. The van der Waals surface area contributed by atoms with Crippen molar-refractivity contribution in [2.24, 2.45) is 0 Å². The molecule has 0 rings (SSSR count). The highest BCUT2D eigenvalue weighted by Crippen LogP contribution is 2.16. The van der Waals surface area contributed by atoms with E-state index >= 15 is 0 Å². The number of rotatable bonds is 32. The van der Waals surface area contributed by atoms with Gasteiger partial charge in [-0.2, -0.15) is 0 Å². The van der Waals surface area contributed by atoms with Crippen molar-refractivity contribution in [1.82, 2.24) is 0 Å². The number of ether oxygens (including phenoxy) is 1. The first-order chi connectivity index (χ1) is 18.7. The molecule has 0 heterocycles. The van der Waals surface area contributed by atoms with Gasteiger partial charge < -0.3 is 14.9 Å². The molecule has 0 aliphatic rings. The fourth-order valence-corrected chi connectivity index (χ4v) is 5.25. The summed E-state index contributed by atoms with van der Waals surface area (Å²) >= 11 is 0. The lowest BCUT2D eigenvalue weighted by Gasteiger charge is -2.08. The summed E-state index contributed by atoms with van der Waals surface area (Å²) in [4.78, 5) is 11.5. The maximum atomic E-state index is 11.5. The van der Waals surface area contributed by atoms with Crippen LogP contribution < -0.4 is 0 Å². The smallest absolute Gasteiger partial charge is 0.305 e. The average Bonchev–Trinajstić information content (AvgIpc) is 2.93. The van der Waals surface area contributed by atoms with Crippen LogP contribution in [0.3, 0.4) is 0 Å². The topological polar surface area (TPSA) is 66.8 Å². The van der Waals surface area contributed by atoms with Crippen LogP contribution in [0.4, 0.5) is 0 Å². The molecule has 4 heteroatoms. The molecule has 1 atom stereocenters. The standard InChI is InChI=1S/C34H68O4/c1-2-3-4-5-6-7-8-9-10-11-12-13-14-15-16-17-18-19-20-21-22-23-24-25-26-27-28-29-30-34(37)38-32-33(36)31-35/h33,35-36H,2-32H2,1H3/t33-/m0/s1. The first kappa shape index (κ1) is 37.4. The summed E-state index contributed by atoms with van der Waals surface area (Å²) in [5, 5.41) is 17.8. The van der Waals surface area contributed by atoms with Crippen LogP contribution in [0.25, 0.3) is 0 Å². The Morgan fingerprint density at radius 1 is 0.500 bits per heavy atom. The average molecular weight is 541 g/mol. The van der Waals surface area contributed by atoms with Crippen molar-refractivity contribution < 1.29 is 19.7 Å². The molecule has 38 heavy (non-hydrogen) atoms. The highest BCUT2D eigenvalue weighted by atomic mass is 16.5. The van der Waals surface area contributed by atoms with Crippen LogP contribution in [0.5, 0.6) is 0 Å². The molecule has 0 aromatic heterocycles. The molecule has 0 radical (unpaired) electrons. The van der Waals surface area contributed by atoms with Crippen molar-refractivity contribution in [1.29, 1.82) is 0 Å². The minimum atomic E-state index is -0.956. The van der Waals surface area contributed by atoms with Gasteiger partial charge in [-0.1, -0.05) is 180 Å². The van der Waals surface area contributed by atoms with Crippen molar-refractivity contribution in [3.8, 4) is 0 Å². The highest BCUT2D eigenvalue weighted by Gasteiger charge is 2.07. The number of hydrogen-bond donors (Lipinski definition) is 2. The number of hydrogen-bond acceptors (Lipinski definition) is 4. The third kappa shape index (κ3) is 31.6. The fraction of sp³-hybridized carbons (Fsp3) is 0.971. The Kier molecular flexibility index (Phi) is 32.1. The molecule has 2 N–H and O–H groups in total. The number of carbonyl (C=O) groups is 1. The maximum absolute atomic E-state index is 11.5. The Bertz CT molecular complexity index is 454. The SMILES string of the molecule is CCCCCCCCCCCCCCCCCCCCCCCCCCCCCCC(=O)OC[C@@H](O)CO. The summed E-state index contributed by atoms with van der Waals surface area (Å²) in [6, 6.07) is 0. The third-order valence-corrected chi connectivity index (χ3v) is 7.88. The second-order valence-corrected chi connectivity index (χ2v) is 11.8. The zero-order valence-electron chi connectivity index (χ0n) is 25.7. The van der Waals surface area contributed by atoms with E-state index in [-0.39, 0.29) is 19.2 Å². The lowest BCUT2D eigenvalue weighted by molar-refractivity contribution is -0.147. The van der Waals surface area contributed by atoms with Gasteiger partial charge in [-0.3, -0.25) is 4.79 Å². The summed E-state index contributed by atoms with van der Waals surface area (Å²) in [6.45, 7) is 1.82. The van der Waals surface area contributed by atoms with Gasteiger partial charge in [0.25, 0.3) is 0 Å². The predicted octanol–water partition coefficient (Wildman–Crippen LogP) is 10.2. The van der Waals surface area contributed by atoms with Gasteiger partial charge in [-0.05, 0) is 6.42 Å². The highest BCUT2D eigenvalue weighted by molar-refractivity contribution is 5.69. The first-order valence-corrected chi connectivity index (χ1v) is 17.1. The van der Waals surface area contributed by atoms with Gasteiger partial charge >= 0.3 is 5.97 Å². The zero-order valence-corrected chi connectivity index (χ0v) is 25.7. The maximum Gasteiger partial charge on any atom is 0.305 e. The molecule has 0 spiro atoms. The van der Waals surface area contributed by atoms with Gasteiger partial charge in [-0.15, -0.1) is 0 Å². The van der Waals surface area contributed by atoms with Crippen molar-refractivity contribution >= 4 is 5.97 Å². The molecule has 0 aliphatic heterocycles. The second-order valence-electron chi connectivity index (χ2n) is 11.8. The van der Waals surface area contributed by atoms with E-state index in [1.807, 2.05) is 0 Å². The molecule has 0 amide bonds. The molecule has 0 saturated carbocycles. The predicted molar refractivity (Wildman–Crippen MR) is 164 cm³/mol. The Morgan fingerprint density at radius 2 is 0.763 bits per heavy atom. The Morgan fingerprint density at radius 3 is 1.03 bits per heavy atom. The minimum Gasteiger partial charge on any atom is -0.463 e. The molecule has 0 fully saturated rings. The molecule has 228 valence electrons. The van der Waals surface area contributed by atoms with Crippen LogP contribution in [0.1, 0.15) is 193 Å². The minimum absolute atomic E-state index is 0.102. The van der Waals surface area contributed by atoms with Crippen LogP contribution in [-0.4, -0.2) is 35.5 Å². The van der Waals surface area contributed by atoms with E-state index < -0.39 is 6.10 Å². The molecule has 4 nitrogen and oxygen atoms in total. The molecule has 0 saturated heterocycles. The number of esters is 1. The molecular formula is C34H68O4. The summed E-state index contributed by atoms with van der Waals surface area (Å²) in [5.74, 6) is -0.271. The van der Waals surface area contributed by atoms with Crippen LogP contribution >= 0.6 is 0 Å². The summed E-state index contributed by atoms with van der Waals surface area (Å²) in [5.41, 5.74) is 0. The van der Waals surface area contributed by atoms with Gasteiger partial charge in [0.15, 0.2) is 0 Å². The van der Waals surface area contributed by atoms with Gasteiger partial charge in [-0.25, -0.2) is 0 Å². The quantitative estimate of drug-likeness (QED) is 0.0658. The Hall–Kier alpha value is -0.610. The lowest BCUT2D eigenvalue weighted by atomic mass is 10.0. The second kappa shape index (κ2) is 32.6. The van der Waals surface area contributed by atoms with E-state index in [0.717, 1.165) is 12.8 Å². The monoisotopic (exact) mass is 541 g/mol. The van der Waals surface area contributed by atoms with E-state index in [9.17, 15) is 4.79 Å². The Balaban J connectivity index is 3.09. The molecule has 0 aliphatic carbocycles. The van der Waals surface area contributed by atoms with Crippen molar-refractivity contribution in [2.75, 3.05) is 13.2 Å². The fourth-order valence-electron chi connectivity index (χ4n) is 5.25. The van der Waals surface area contributed by atoms with E-state index in [1.165, 1.54) is 167 Å². The molecular weight excluding hydrogens is 472 g/mol. The van der Waals surface area contributed by atoms with Crippen LogP contribution in [-0.2, 0) is 9.53 Å². The van der Waals surface area contributed by atoms with E-state index in [1.54, 1.807) is 0 Å². The third-order valence-electron chi connectivity index (χ3n) is 7.88. The molecule has 0 bridgehead atoms. The summed E-state index contributed by atoms with van der Waals surface area (Å²) < 4.78 is 4.91. The van der Waals surface area contributed by atoms with Crippen molar-refractivity contribution in [2.45, 2.75) is 199 Å². The van der Waals surface area contributed by atoms with E-state index in [0.29, 0.717) is 6.42 Å².